The van der Waals surface area contributed by atoms with Crippen molar-refractivity contribution in [2.75, 3.05) is 5.32 Å². The lowest BCUT2D eigenvalue weighted by atomic mass is 10.0. The molecule has 1 unspecified atom stereocenters. The van der Waals surface area contributed by atoms with E-state index in [1.54, 1.807) is 6.07 Å². The molecule has 3 heteroatoms. The van der Waals surface area contributed by atoms with E-state index in [4.69, 9.17) is 5.26 Å². The first kappa shape index (κ1) is 14.1. The van der Waals surface area contributed by atoms with E-state index in [1.807, 2.05) is 24.3 Å². The molecule has 2 aromatic rings. The smallest absolute Gasteiger partial charge is 0.124 e. The maximum atomic E-state index is 13.1. The molecule has 0 amide bonds. The van der Waals surface area contributed by atoms with Gasteiger partial charge >= 0.3 is 0 Å². The van der Waals surface area contributed by atoms with E-state index in [2.05, 4.69) is 24.4 Å². The summed E-state index contributed by atoms with van der Waals surface area (Å²) in [6.07, 6.45) is 1.80. The van der Waals surface area contributed by atoms with Crippen LogP contribution in [0, 0.1) is 17.1 Å². The molecule has 1 N–H and O–H groups in total. The predicted molar refractivity (Wildman–Crippen MR) is 79.0 cm³/mol. The molecule has 2 aromatic carbocycles. The third-order valence-electron chi connectivity index (χ3n) is 3.28. The highest BCUT2D eigenvalue weighted by Gasteiger charge is 2.10. The zero-order valence-corrected chi connectivity index (χ0v) is 11.4. The van der Waals surface area contributed by atoms with Crippen molar-refractivity contribution >= 4 is 5.69 Å². The maximum absolute atomic E-state index is 13.1. The molecule has 1 atom stereocenters. The predicted octanol–water partition coefficient (Wildman–Crippen LogP) is 4.13. The lowest BCUT2D eigenvalue weighted by Gasteiger charge is -2.19. The van der Waals surface area contributed by atoms with E-state index in [0.29, 0.717) is 11.3 Å². The fourth-order valence-electron chi connectivity index (χ4n) is 2.15. The van der Waals surface area contributed by atoms with Gasteiger partial charge in [-0.3, -0.25) is 0 Å². The second kappa shape index (κ2) is 6.72. The Labute approximate surface area is 118 Å². The van der Waals surface area contributed by atoms with Crippen molar-refractivity contribution in [2.45, 2.75) is 25.8 Å². The van der Waals surface area contributed by atoms with Crippen molar-refractivity contribution in [3.63, 3.8) is 0 Å². The van der Waals surface area contributed by atoms with Crippen LogP contribution < -0.4 is 5.32 Å². The Morgan fingerprint density at radius 1 is 1.20 bits per heavy atom. The van der Waals surface area contributed by atoms with Crippen LogP contribution in [0.25, 0.3) is 0 Å². The van der Waals surface area contributed by atoms with Gasteiger partial charge in [0.25, 0.3) is 0 Å². The standard InChI is InChI=1S/C17H17FN2/c1-2-16(10-13-6-4-3-5-7-13)20-17-9-8-15(18)11-14(17)12-19/h3-9,11,16,20H,2,10H2,1H3. The molecule has 2 nitrogen and oxygen atoms in total. The average molecular weight is 268 g/mol. The minimum absolute atomic E-state index is 0.218. The zero-order valence-electron chi connectivity index (χ0n) is 11.4. The molecular formula is C17H17FN2. The van der Waals surface area contributed by atoms with E-state index in [1.165, 1.54) is 17.7 Å². The highest BCUT2D eigenvalue weighted by Crippen LogP contribution is 2.19. The number of hydrogen-bond acceptors (Lipinski definition) is 2. The number of anilines is 1. The van der Waals surface area contributed by atoms with E-state index in [9.17, 15) is 4.39 Å². The Hall–Kier alpha value is -2.34. The molecule has 0 radical (unpaired) electrons. The summed E-state index contributed by atoms with van der Waals surface area (Å²) in [6, 6.07) is 16.7. The van der Waals surface area contributed by atoms with Crippen LogP contribution in [0.15, 0.2) is 48.5 Å². The summed E-state index contributed by atoms with van der Waals surface area (Å²) < 4.78 is 13.1. The van der Waals surface area contributed by atoms with Crippen LogP contribution in [0.2, 0.25) is 0 Å². The van der Waals surface area contributed by atoms with Gasteiger partial charge in [0, 0.05) is 6.04 Å². The number of nitriles is 1. The van der Waals surface area contributed by atoms with Gasteiger partial charge < -0.3 is 5.32 Å². The number of halogens is 1. The summed E-state index contributed by atoms with van der Waals surface area (Å²) in [6.45, 7) is 2.09. The number of benzene rings is 2. The molecule has 0 saturated heterocycles. The van der Waals surface area contributed by atoms with Gasteiger partial charge in [-0.25, -0.2) is 4.39 Å². The van der Waals surface area contributed by atoms with Crippen molar-refractivity contribution in [3.8, 4) is 6.07 Å². The van der Waals surface area contributed by atoms with Gasteiger partial charge in [-0.05, 0) is 36.6 Å². The van der Waals surface area contributed by atoms with Crippen LogP contribution in [0.4, 0.5) is 10.1 Å². The Kier molecular flexibility index (Phi) is 4.73. The maximum Gasteiger partial charge on any atom is 0.124 e. The third-order valence-corrected chi connectivity index (χ3v) is 3.28. The Balaban J connectivity index is 2.13. The molecule has 0 fully saturated rings. The Morgan fingerprint density at radius 2 is 1.95 bits per heavy atom. The molecule has 0 aliphatic heterocycles. The third kappa shape index (κ3) is 3.58. The summed E-state index contributed by atoms with van der Waals surface area (Å²) in [5.41, 5.74) is 2.28. The van der Waals surface area contributed by atoms with Gasteiger partial charge in [-0.15, -0.1) is 0 Å². The van der Waals surface area contributed by atoms with E-state index in [0.717, 1.165) is 12.8 Å². The lowest BCUT2D eigenvalue weighted by Crippen LogP contribution is -2.21. The van der Waals surface area contributed by atoms with Crippen molar-refractivity contribution in [1.29, 1.82) is 5.26 Å². The van der Waals surface area contributed by atoms with E-state index in [-0.39, 0.29) is 11.9 Å². The van der Waals surface area contributed by atoms with Gasteiger partial charge in [-0.1, -0.05) is 37.3 Å². The van der Waals surface area contributed by atoms with Gasteiger partial charge in [-0.2, -0.15) is 5.26 Å². The summed E-state index contributed by atoms with van der Waals surface area (Å²) in [7, 11) is 0. The van der Waals surface area contributed by atoms with Gasteiger partial charge in [0.1, 0.15) is 11.9 Å². The fourth-order valence-corrected chi connectivity index (χ4v) is 2.15. The lowest BCUT2D eigenvalue weighted by molar-refractivity contribution is 0.627. The molecule has 0 aliphatic rings. The molecule has 2 rings (SSSR count). The quantitative estimate of drug-likeness (QED) is 0.885. The second-order valence-corrected chi connectivity index (χ2v) is 4.74. The minimum Gasteiger partial charge on any atom is -0.381 e. The zero-order chi connectivity index (χ0) is 14.4. The summed E-state index contributed by atoms with van der Waals surface area (Å²) in [4.78, 5) is 0. The monoisotopic (exact) mass is 268 g/mol. The summed E-state index contributed by atoms with van der Waals surface area (Å²) in [5, 5.41) is 12.4. The molecular weight excluding hydrogens is 251 g/mol. The molecule has 0 saturated carbocycles. The van der Waals surface area contributed by atoms with Crippen molar-refractivity contribution < 1.29 is 4.39 Å². The molecule has 0 spiro atoms. The molecule has 0 heterocycles. The Morgan fingerprint density at radius 3 is 2.60 bits per heavy atom. The van der Waals surface area contributed by atoms with Gasteiger partial charge in [0.15, 0.2) is 0 Å². The van der Waals surface area contributed by atoms with Crippen molar-refractivity contribution in [2.24, 2.45) is 0 Å². The van der Waals surface area contributed by atoms with Crippen LogP contribution >= 0.6 is 0 Å². The molecule has 0 aliphatic carbocycles. The van der Waals surface area contributed by atoms with Crippen LogP contribution in [0.3, 0.4) is 0 Å². The van der Waals surface area contributed by atoms with Crippen LogP contribution in [-0.2, 0) is 6.42 Å². The van der Waals surface area contributed by atoms with E-state index >= 15 is 0 Å². The van der Waals surface area contributed by atoms with Crippen LogP contribution in [0.1, 0.15) is 24.5 Å². The van der Waals surface area contributed by atoms with Gasteiger partial charge in [0.05, 0.1) is 11.3 Å². The van der Waals surface area contributed by atoms with E-state index < -0.39 is 0 Å². The number of nitrogens with zero attached hydrogens (tertiary/aromatic N) is 1. The summed E-state index contributed by atoms with van der Waals surface area (Å²) >= 11 is 0. The normalized spacial score (nSPS) is 11.7. The number of nitrogens with one attached hydrogen (secondary N) is 1. The highest BCUT2D eigenvalue weighted by atomic mass is 19.1. The topological polar surface area (TPSA) is 35.8 Å². The van der Waals surface area contributed by atoms with Gasteiger partial charge in [0.2, 0.25) is 0 Å². The number of hydrogen-bond donors (Lipinski definition) is 1. The van der Waals surface area contributed by atoms with Crippen LogP contribution in [-0.4, -0.2) is 6.04 Å². The van der Waals surface area contributed by atoms with Crippen molar-refractivity contribution in [1.82, 2.24) is 0 Å². The number of rotatable bonds is 5. The second-order valence-electron chi connectivity index (χ2n) is 4.74. The summed E-state index contributed by atoms with van der Waals surface area (Å²) in [5.74, 6) is -0.386. The largest absolute Gasteiger partial charge is 0.381 e. The first-order chi connectivity index (χ1) is 9.72. The fraction of sp³-hybridized carbons (Fsp3) is 0.235. The molecule has 102 valence electrons. The minimum atomic E-state index is -0.386. The highest BCUT2D eigenvalue weighted by molar-refractivity contribution is 5.58. The average Bonchev–Trinajstić information content (AvgIpc) is 2.49. The SMILES string of the molecule is CCC(Cc1ccccc1)Nc1ccc(F)cc1C#N. The first-order valence-corrected chi connectivity index (χ1v) is 6.73. The molecule has 20 heavy (non-hydrogen) atoms. The molecule has 0 bridgehead atoms. The first-order valence-electron chi connectivity index (χ1n) is 6.73. The molecule has 0 aromatic heterocycles. The van der Waals surface area contributed by atoms with Crippen molar-refractivity contribution in [3.05, 3.63) is 65.5 Å². The Bertz CT molecular complexity index is 602. The van der Waals surface area contributed by atoms with Crippen LogP contribution in [0.5, 0.6) is 0 Å².